The largest absolute Gasteiger partial charge is 0.456 e. The maximum Gasteiger partial charge on any atom is 0.330 e. The van der Waals surface area contributed by atoms with E-state index >= 15 is 0 Å². The Morgan fingerprint density at radius 1 is 1.14 bits per heavy atom. The minimum Gasteiger partial charge on any atom is -0.456 e. The molecular weight excluding hydrogens is 468 g/mol. The highest BCUT2D eigenvalue weighted by atomic mass is 16.6. The number of carbonyl (C=O) groups is 1. The molecule has 0 radical (unpaired) electrons. The number of aliphatic hydroxyl groups is 2. The lowest BCUT2D eigenvalue weighted by molar-refractivity contribution is -0.148. The van der Waals surface area contributed by atoms with Crippen molar-refractivity contribution in [2.75, 3.05) is 0 Å². The molecule has 4 rings (SSSR count). The second-order valence-electron chi connectivity index (χ2n) is 11.5. The van der Waals surface area contributed by atoms with E-state index in [0.29, 0.717) is 31.1 Å². The molecule has 6 nitrogen and oxygen atoms in total. The van der Waals surface area contributed by atoms with Gasteiger partial charge in [-0.25, -0.2) is 4.79 Å². The van der Waals surface area contributed by atoms with Crippen molar-refractivity contribution in [3.63, 3.8) is 0 Å². The minimum atomic E-state index is -0.947. The maximum absolute atomic E-state index is 12.7. The molecule has 37 heavy (non-hydrogen) atoms. The summed E-state index contributed by atoms with van der Waals surface area (Å²) in [6.45, 7) is 8.54. The van der Waals surface area contributed by atoms with E-state index < -0.39 is 24.3 Å². The van der Waals surface area contributed by atoms with E-state index in [9.17, 15) is 15.0 Å². The lowest BCUT2D eigenvalue weighted by atomic mass is 9.88. The molecule has 0 aromatic rings. The number of carbonyl (C=O) groups excluding carboxylic acids is 1. The molecule has 2 N–H and O–H groups in total. The van der Waals surface area contributed by atoms with Crippen molar-refractivity contribution in [2.45, 2.75) is 114 Å². The van der Waals surface area contributed by atoms with Crippen LogP contribution in [0.25, 0.3) is 0 Å². The fourth-order valence-corrected chi connectivity index (χ4v) is 5.90. The predicted molar refractivity (Wildman–Crippen MR) is 144 cm³/mol. The van der Waals surface area contributed by atoms with Gasteiger partial charge in [0.2, 0.25) is 0 Å². The highest BCUT2D eigenvalue weighted by Gasteiger charge is 2.46. The van der Waals surface area contributed by atoms with Gasteiger partial charge >= 0.3 is 5.97 Å². The summed E-state index contributed by atoms with van der Waals surface area (Å²) >= 11 is 0. The Morgan fingerprint density at radius 3 is 2.78 bits per heavy atom. The zero-order valence-corrected chi connectivity index (χ0v) is 22.3. The summed E-state index contributed by atoms with van der Waals surface area (Å²) in [5, 5.41) is 21.7. The first-order valence-electron chi connectivity index (χ1n) is 14.0. The smallest absolute Gasteiger partial charge is 0.330 e. The molecule has 0 saturated carbocycles. The van der Waals surface area contributed by atoms with Crippen molar-refractivity contribution in [1.82, 2.24) is 0 Å². The second kappa shape index (κ2) is 13.2. The molecule has 204 valence electrons. The molecule has 0 spiro atoms. The first-order valence-corrected chi connectivity index (χ1v) is 14.0. The molecule has 3 aliphatic heterocycles. The molecular formula is C31H44O6. The summed E-state index contributed by atoms with van der Waals surface area (Å²) in [6, 6.07) is 0. The molecule has 6 heteroatoms. The number of allylic oxidation sites excluding steroid dienone is 3. The summed E-state index contributed by atoms with van der Waals surface area (Å²) in [7, 11) is 0. The highest BCUT2D eigenvalue weighted by molar-refractivity contribution is 5.82. The quantitative estimate of drug-likeness (QED) is 0.310. The Labute approximate surface area is 221 Å². The second-order valence-corrected chi connectivity index (χ2v) is 11.5. The predicted octanol–water partition coefficient (Wildman–Crippen LogP) is 5.12. The number of hydrogen-bond donors (Lipinski definition) is 2. The van der Waals surface area contributed by atoms with Gasteiger partial charge in [-0.05, 0) is 70.1 Å². The van der Waals surface area contributed by atoms with E-state index in [0.717, 1.165) is 44.1 Å². The van der Waals surface area contributed by atoms with E-state index in [2.05, 4.69) is 38.7 Å². The standard InChI is InChI=1S/C31H44O6/c1-20-7-4-8-23(16-20)13-14-26(32)28-19-29-31(37-29)27(33)18-22(3)15-21(2)17-25-11-5-9-24(35-25)10-6-12-30(34)36-28/h5-7,9,12-14,21,23-29,31-33H,3-4,8,10-11,15-19H2,1-2H3/b12-6-,14-13+/t21-,23?,24-,25-,26-,27-,28?,29-,31-/m0/s1. The summed E-state index contributed by atoms with van der Waals surface area (Å²) < 4.78 is 17.7. The third kappa shape index (κ3) is 8.78. The van der Waals surface area contributed by atoms with Crippen LogP contribution in [0.2, 0.25) is 0 Å². The fourth-order valence-electron chi connectivity index (χ4n) is 5.90. The summed E-state index contributed by atoms with van der Waals surface area (Å²) in [4.78, 5) is 12.7. The van der Waals surface area contributed by atoms with Crippen molar-refractivity contribution in [3.8, 4) is 0 Å². The summed E-state index contributed by atoms with van der Waals surface area (Å²) in [6.07, 6.45) is 17.7. The lowest BCUT2D eigenvalue weighted by Gasteiger charge is -2.28. The van der Waals surface area contributed by atoms with Gasteiger partial charge in [0.15, 0.2) is 0 Å². The first kappa shape index (κ1) is 28.0. The average molecular weight is 513 g/mol. The molecule has 0 aromatic carbocycles. The van der Waals surface area contributed by atoms with E-state index in [-0.39, 0.29) is 24.4 Å². The lowest BCUT2D eigenvalue weighted by Crippen LogP contribution is -2.32. The van der Waals surface area contributed by atoms with Crippen molar-refractivity contribution in [3.05, 3.63) is 60.3 Å². The summed E-state index contributed by atoms with van der Waals surface area (Å²) in [5.74, 6) is 0.278. The Morgan fingerprint density at radius 2 is 1.97 bits per heavy atom. The Balaban J connectivity index is 1.44. The minimum absolute atomic E-state index is 0.0724. The van der Waals surface area contributed by atoms with E-state index in [4.69, 9.17) is 14.2 Å². The van der Waals surface area contributed by atoms with Gasteiger partial charge in [-0.1, -0.05) is 61.1 Å². The van der Waals surface area contributed by atoms with Crippen molar-refractivity contribution in [2.24, 2.45) is 11.8 Å². The van der Waals surface area contributed by atoms with Crippen LogP contribution in [-0.2, 0) is 19.0 Å². The molecule has 2 bridgehead atoms. The Bertz CT molecular complexity index is 917. The van der Waals surface area contributed by atoms with Crippen molar-refractivity contribution in [1.29, 1.82) is 0 Å². The van der Waals surface area contributed by atoms with E-state index in [1.54, 1.807) is 12.2 Å². The van der Waals surface area contributed by atoms with Crippen molar-refractivity contribution < 1.29 is 29.2 Å². The van der Waals surface area contributed by atoms with Gasteiger partial charge in [-0.15, -0.1) is 0 Å². The third-order valence-corrected chi connectivity index (χ3v) is 7.85. The SMILES string of the molecule is C=C1C[C@H](C)C[C@@H]2CC=C[C@@H](C/C=C\C(=O)OC([C@@H](O)/C=C/C3CCC=C(C)C3)C[C@@H]3O[C@H]3[C@@H](O)C1)O2. The summed E-state index contributed by atoms with van der Waals surface area (Å²) in [5.41, 5.74) is 2.37. The van der Waals surface area contributed by atoms with Gasteiger partial charge in [-0.3, -0.25) is 0 Å². The van der Waals surface area contributed by atoms with Crippen LogP contribution in [0.1, 0.15) is 71.6 Å². The average Bonchev–Trinajstić information content (AvgIpc) is 3.61. The van der Waals surface area contributed by atoms with Crippen LogP contribution < -0.4 is 0 Å². The van der Waals surface area contributed by atoms with Crippen LogP contribution in [0.3, 0.4) is 0 Å². The van der Waals surface area contributed by atoms with Crippen LogP contribution >= 0.6 is 0 Å². The van der Waals surface area contributed by atoms with Gasteiger partial charge in [0.1, 0.15) is 18.3 Å². The molecule has 2 unspecified atom stereocenters. The number of hydrogen-bond acceptors (Lipinski definition) is 6. The number of rotatable bonds is 3. The zero-order valence-electron chi connectivity index (χ0n) is 22.3. The van der Waals surface area contributed by atoms with E-state index in [1.807, 2.05) is 6.08 Å². The fraction of sp³-hybridized carbons (Fsp3) is 0.645. The number of cyclic esters (lactones) is 1. The first-order chi connectivity index (χ1) is 17.8. The normalized spacial score (nSPS) is 39.6. The highest BCUT2D eigenvalue weighted by Crippen LogP contribution is 2.35. The topological polar surface area (TPSA) is 88.5 Å². The monoisotopic (exact) mass is 512 g/mol. The number of fused-ring (bicyclic) bond motifs is 3. The molecule has 1 aliphatic carbocycles. The van der Waals surface area contributed by atoms with Crippen LogP contribution in [0.15, 0.2) is 60.3 Å². The van der Waals surface area contributed by atoms with Gasteiger partial charge in [0.05, 0.1) is 24.4 Å². The molecule has 0 aromatic heterocycles. The molecule has 0 amide bonds. The van der Waals surface area contributed by atoms with Crippen LogP contribution in [-0.4, -0.2) is 58.9 Å². The molecule has 4 aliphatic rings. The number of esters is 1. The number of epoxide rings is 1. The number of ether oxygens (including phenoxy) is 3. The van der Waals surface area contributed by atoms with Crippen molar-refractivity contribution >= 4 is 5.97 Å². The maximum atomic E-state index is 12.7. The van der Waals surface area contributed by atoms with Gasteiger partial charge in [0, 0.05) is 12.5 Å². The molecule has 9 atom stereocenters. The van der Waals surface area contributed by atoms with E-state index in [1.165, 1.54) is 11.6 Å². The molecule has 3 heterocycles. The zero-order chi connectivity index (χ0) is 26.4. The van der Waals surface area contributed by atoms with Gasteiger partial charge in [0.25, 0.3) is 0 Å². The molecule has 1 saturated heterocycles. The molecule has 1 fully saturated rings. The third-order valence-electron chi connectivity index (χ3n) is 7.85. The Kier molecular flexibility index (Phi) is 9.99. The van der Waals surface area contributed by atoms with Gasteiger partial charge < -0.3 is 24.4 Å². The Hall–Kier alpha value is -1.99. The van der Waals surface area contributed by atoms with Crippen LogP contribution in [0.4, 0.5) is 0 Å². The van der Waals surface area contributed by atoms with Gasteiger partial charge in [-0.2, -0.15) is 0 Å². The van der Waals surface area contributed by atoms with Crippen LogP contribution in [0, 0.1) is 11.8 Å². The number of aliphatic hydroxyl groups excluding tert-OH is 2. The van der Waals surface area contributed by atoms with Crippen LogP contribution in [0.5, 0.6) is 0 Å².